The lowest BCUT2D eigenvalue weighted by Gasteiger charge is -2.39. The Kier molecular flexibility index (Phi) is 2.92. The summed E-state index contributed by atoms with van der Waals surface area (Å²) in [6.45, 7) is 2.32. The molecule has 17 heavy (non-hydrogen) atoms. The van der Waals surface area contributed by atoms with Gasteiger partial charge in [-0.2, -0.15) is 0 Å². The maximum absolute atomic E-state index is 9.55. The Morgan fingerprint density at radius 2 is 2.29 bits per heavy atom. The standard InChI is InChI=1S/C13H21N3O/c1-15-9-14-12-7-16(6-10-3-2-4-10)11(8-17)5-13(12)15/h9-11,17H,2-8H2,1H3/t11-/m0/s1. The second-order valence-corrected chi connectivity index (χ2v) is 5.52. The molecule has 1 N–H and O–H groups in total. The average molecular weight is 235 g/mol. The fraction of sp³-hybridized carbons (Fsp3) is 0.769. The minimum Gasteiger partial charge on any atom is -0.395 e. The van der Waals surface area contributed by atoms with Gasteiger partial charge in [-0.25, -0.2) is 4.98 Å². The normalized spacial score (nSPS) is 25.6. The molecule has 1 aromatic heterocycles. The lowest BCUT2D eigenvalue weighted by Crippen LogP contribution is -2.46. The van der Waals surface area contributed by atoms with Crippen molar-refractivity contribution in [2.45, 2.75) is 38.3 Å². The van der Waals surface area contributed by atoms with Crippen LogP contribution < -0.4 is 0 Å². The van der Waals surface area contributed by atoms with Gasteiger partial charge in [-0.05, 0) is 18.8 Å². The van der Waals surface area contributed by atoms with E-state index in [1.165, 1.54) is 30.7 Å². The summed E-state index contributed by atoms with van der Waals surface area (Å²) in [6, 6.07) is 0.290. The number of rotatable bonds is 3. The van der Waals surface area contributed by atoms with Crippen molar-refractivity contribution in [1.29, 1.82) is 0 Å². The van der Waals surface area contributed by atoms with Crippen LogP contribution in [0.5, 0.6) is 0 Å². The van der Waals surface area contributed by atoms with E-state index >= 15 is 0 Å². The van der Waals surface area contributed by atoms with Crippen molar-refractivity contribution in [2.75, 3.05) is 13.2 Å². The van der Waals surface area contributed by atoms with Crippen LogP contribution in [-0.4, -0.2) is 38.8 Å². The topological polar surface area (TPSA) is 41.3 Å². The van der Waals surface area contributed by atoms with E-state index in [4.69, 9.17) is 0 Å². The highest BCUT2D eigenvalue weighted by Gasteiger charge is 2.31. The van der Waals surface area contributed by atoms with E-state index in [2.05, 4.69) is 14.5 Å². The lowest BCUT2D eigenvalue weighted by atomic mass is 9.84. The van der Waals surface area contributed by atoms with Gasteiger partial charge in [0.05, 0.1) is 18.6 Å². The molecule has 1 atom stereocenters. The molecule has 0 bridgehead atoms. The first-order valence-corrected chi connectivity index (χ1v) is 6.62. The smallest absolute Gasteiger partial charge is 0.0949 e. The van der Waals surface area contributed by atoms with Crippen LogP contribution in [0.1, 0.15) is 30.7 Å². The van der Waals surface area contributed by atoms with E-state index < -0.39 is 0 Å². The van der Waals surface area contributed by atoms with Crippen molar-refractivity contribution in [2.24, 2.45) is 13.0 Å². The summed E-state index contributed by atoms with van der Waals surface area (Å²) in [5.41, 5.74) is 2.51. The lowest BCUT2D eigenvalue weighted by molar-refractivity contribution is 0.0718. The van der Waals surface area contributed by atoms with Gasteiger partial charge < -0.3 is 9.67 Å². The van der Waals surface area contributed by atoms with Crippen molar-refractivity contribution in [1.82, 2.24) is 14.5 Å². The molecule has 1 fully saturated rings. The van der Waals surface area contributed by atoms with Gasteiger partial charge in [-0.3, -0.25) is 4.90 Å². The van der Waals surface area contributed by atoms with E-state index in [1.54, 1.807) is 0 Å². The fourth-order valence-electron chi connectivity index (χ4n) is 2.97. The van der Waals surface area contributed by atoms with Gasteiger partial charge in [0.15, 0.2) is 0 Å². The van der Waals surface area contributed by atoms with Gasteiger partial charge in [0.25, 0.3) is 0 Å². The molecule has 4 nitrogen and oxygen atoms in total. The Balaban J connectivity index is 1.75. The zero-order valence-corrected chi connectivity index (χ0v) is 10.5. The molecule has 2 aliphatic rings. The molecule has 0 unspecified atom stereocenters. The number of aromatic nitrogens is 2. The number of hydrogen-bond donors (Lipinski definition) is 1. The number of hydrogen-bond acceptors (Lipinski definition) is 3. The van der Waals surface area contributed by atoms with Crippen molar-refractivity contribution < 1.29 is 5.11 Å². The summed E-state index contributed by atoms with van der Waals surface area (Å²) in [6.07, 6.45) is 6.95. The monoisotopic (exact) mass is 235 g/mol. The summed E-state index contributed by atoms with van der Waals surface area (Å²) in [5.74, 6) is 0.856. The van der Waals surface area contributed by atoms with Gasteiger partial charge >= 0.3 is 0 Å². The zero-order valence-electron chi connectivity index (χ0n) is 10.5. The maximum Gasteiger partial charge on any atom is 0.0949 e. The van der Waals surface area contributed by atoms with Crippen LogP contribution in [-0.2, 0) is 20.0 Å². The summed E-state index contributed by atoms with van der Waals surface area (Å²) in [7, 11) is 2.04. The van der Waals surface area contributed by atoms with E-state index in [9.17, 15) is 5.11 Å². The minimum atomic E-state index is 0.261. The first-order chi connectivity index (χ1) is 8.28. The third-order valence-corrected chi connectivity index (χ3v) is 4.37. The fourth-order valence-corrected chi connectivity index (χ4v) is 2.97. The first-order valence-electron chi connectivity index (χ1n) is 6.62. The number of nitrogens with zero attached hydrogens (tertiary/aromatic N) is 3. The second-order valence-electron chi connectivity index (χ2n) is 5.52. The number of imidazole rings is 1. The number of aryl methyl sites for hydroxylation is 1. The third kappa shape index (κ3) is 2.00. The molecule has 0 saturated heterocycles. The molecule has 1 aliphatic carbocycles. The SMILES string of the molecule is Cn1cnc2c1C[C@@H](CO)N(CC1CCC1)C2. The Morgan fingerprint density at radius 1 is 1.47 bits per heavy atom. The molecular weight excluding hydrogens is 214 g/mol. The van der Waals surface area contributed by atoms with Gasteiger partial charge in [0, 0.05) is 38.3 Å². The van der Waals surface area contributed by atoms with E-state index in [1.807, 2.05) is 13.4 Å². The van der Waals surface area contributed by atoms with Crippen LogP contribution in [0.25, 0.3) is 0 Å². The molecule has 2 heterocycles. The van der Waals surface area contributed by atoms with E-state index in [0.29, 0.717) is 6.04 Å². The van der Waals surface area contributed by atoms with Gasteiger partial charge in [-0.1, -0.05) is 6.42 Å². The predicted molar refractivity (Wildman–Crippen MR) is 65.5 cm³/mol. The van der Waals surface area contributed by atoms with E-state index in [-0.39, 0.29) is 6.61 Å². The summed E-state index contributed by atoms with van der Waals surface area (Å²) >= 11 is 0. The van der Waals surface area contributed by atoms with Crippen LogP contribution in [0.3, 0.4) is 0 Å². The Morgan fingerprint density at radius 3 is 2.94 bits per heavy atom. The van der Waals surface area contributed by atoms with Crippen LogP contribution in [0.15, 0.2) is 6.33 Å². The molecule has 0 radical (unpaired) electrons. The highest BCUT2D eigenvalue weighted by Crippen LogP contribution is 2.30. The minimum absolute atomic E-state index is 0.261. The van der Waals surface area contributed by atoms with Crippen LogP contribution in [0, 0.1) is 5.92 Å². The highest BCUT2D eigenvalue weighted by molar-refractivity contribution is 5.18. The summed E-state index contributed by atoms with van der Waals surface area (Å²) in [4.78, 5) is 6.90. The predicted octanol–water partition coefficient (Wildman–Crippen LogP) is 0.939. The zero-order chi connectivity index (χ0) is 11.8. The van der Waals surface area contributed by atoms with Crippen molar-refractivity contribution >= 4 is 0 Å². The molecular formula is C13H21N3O. The molecule has 3 rings (SSSR count). The largest absolute Gasteiger partial charge is 0.395 e. The molecule has 1 aromatic rings. The number of aliphatic hydroxyl groups is 1. The molecule has 94 valence electrons. The van der Waals surface area contributed by atoms with Crippen LogP contribution in [0.2, 0.25) is 0 Å². The third-order valence-electron chi connectivity index (χ3n) is 4.37. The first kappa shape index (κ1) is 11.2. The van der Waals surface area contributed by atoms with Crippen molar-refractivity contribution in [3.8, 4) is 0 Å². The number of aliphatic hydroxyl groups excluding tert-OH is 1. The molecule has 0 amide bonds. The number of fused-ring (bicyclic) bond motifs is 1. The summed E-state index contributed by atoms with van der Waals surface area (Å²) < 4.78 is 2.10. The Bertz CT molecular complexity index is 397. The summed E-state index contributed by atoms with van der Waals surface area (Å²) in [5, 5.41) is 9.55. The molecule has 0 aromatic carbocycles. The molecule has 1 aliphatic heterocycles. The maximum atomic E-state index is 9.55. The van der Waals surface area contributed by atoms with Crippen LogP contribution >= 0.6 is 0 Å². The van der Waals surface area contributed by atoms with Crippen LogP contribution in [0.4, 0.5) is 0 Å². The van der Waals surface area contributed by atoms with Crippen molar-refractivity contribution in [3.05, 3.63) is 17.7 Å². The van der Waals surface area contributed by atoms with E-state index in [0.717, 1.165) is 25.4 Å². The van der Waals surface area contributed by atoms with Gasteiger partial charge in [0.1, 0.15) is 0 Å². The Labute approximate surface area is 102 Å². The van der Waals surface area contributed by atoms with Crippen molar-refractivity contribution in [3.63, 3.8) is 0 Å². The van der Waals surface area contributed by atoms with Gasteiger partial charge in [-0.15, -0.1) is 0 Å². The molecule has 4 heteroatoms. The average Bonchev–Trinajstić information content (AvgIpc) is 2.64. The highest BCUT2D eigenvalue weighted by atomic mass is 16.3. The van der Waals surface area contributed by atoms with Gasteiger partial charge in [0.2, 0.25) is 0 Å². The quantitative estimate of drug-likeness (QED) is 0.847. The second kappa shape index (κ2) is 4.42. The molecule has 0 spiro atoms. The Hall–Kier alpha value is -0.870. The molecule has 1 saturated carbocycles.